The van der Waals surface area contributed by atoms with Crippen molar-refractivity contribution in [3.8, 4) is 5.75 Å². The summed E-state index contributed by atoms with van der Waals surface area (Å²) in [7, 11) is 4.52. The molecular weight excluding hydrogens is 640 g/mol. The van der Waals surface area contributed by atoms with Crippen LogP contribution >= 0.6 is 15.9 Å². The van der Waals surface area contributed by atoms with Crippen molar-refractivity contribution in [3.63, 3.8) is 0 Å². The first kappa shape index (κ1) is 31.7. The summed E-state index contributed by atoms with van der Waals surface area (Å²) in [5.41, 5.74) is 2.37. The highest BCUT2D eigenvalue weighted by atomic mass is 79.9. The van der Waals surface area contributed by atoms with Gasteiger partial charge < -0.3 is 29.9 Å². The Morgan fingerprint density at radius 2 is 1.64 bits per heavy atom. The Balaban J connectivity index is 1.63. The second-order valence-corrected chi connectivity index (χ2v) is 11.5. The molecule has 0 spiro atoms. The average Bonchev–Trinajstić information content (AvgIpc) is 3.17. The molecule has 5 rings (SSSR count). The first-order chi connectivity index (χ1) is 21.7. The molecule has 1 heterocycles. The predicted molar refractivity (Wildman–Crippen MR) is 176 cm³/mol. The van der Waals surface area contributed by atoms with Crippen LogP contribution in [0.25, 0.3) is 10.8 Å². The van der Waals surface area contributed by atoms with Crippen LogP contribution in [0.4, 0.5) is 11.4 Å². The summed E-state index contributed by atoms with van der Waals surface area (Å²) in [6.07, 6.45) is 0. The minimum absolute atomic E-state index is 0.113. The van der Waals surface area contributed by atoms with Gasteiger partial charge in [0.1, 0.15) is 11.8 Å². The third kappa shape index (κ3) is 6.40. The van der Waals surface area contributed by atoms with Crippen molar-refractivity contribution in [2.45, 2.75) is 25.6 Å². The van der Waals surface area contributed by atoms with Crippen molar-refractivity contribution in [1.29, 1.82) is 0 Å². The van der Waals surface area contributed by atoms with Crippen LogP contribution in [0.2, 0.25) is 0 Å². The Kier molecular flexibility index (Phi) is 9.50. The molecule has 0 saturated carbocycles. The first-order valence-corrected chi connectivity index (χ1v) is 15.1. The lowest BCUT2D eigenvalue weighted by Gasteiger charge is -2.27. The molecule has 2 N–H and O–H groups in total. The molecule has 0 aliphatic carbocycles. The number of ether oxygens (including phenoxy) is 2. The van der Waals surface area contributed by atoms with E-state index in [-0.39, 0.29) is 24.9 Å². The molecule has 232 valence electrons. The van der Waals surface area contributed by atoms with Gasteiger partial charge in [0.05, 0.1) is 50.3 Å². The van der Waals surface area contributed by atoms with Crippen LogP contribution < -0.4 is 25.2 Å². The van der Waals surface area contributed by atoms with E-state index in [1.54, 1.807) is 50.2 Å². The fraction of sp³-hybridized carbons (Fsp3) is 0.235. The van der Waals surface area contributed by atoms with Crippen molar-refractivity contribution in [3.05, 3.63) is 100 Å². The normalized spacial score (nSPS) is 15.2. The van der Waals surface area contributed by atoms with E-state index in [4.69, 9.17) is 9.47 Å². The number of para-hydroxylation sites is 2. The number of carbonyl (C=O) groups is 4. The van der Waals surface area contributed by atoms with Crippen LogP contribution in [-0.4, -0.2) is 63.6 Å². The number of nitrogens with one attached hydrogen (secondary N) is 2. The molecule has 11 heteroatoms. The summed E-state index contributed by atoms with van der Waals surface area (Å²) in [5, 5.41) is 7.61. The average molecular weight is 674 g/mol. The van der Waals surface area contributed by atoms with Crippen molar-refractivity contribution in [2.24, 2.45) is 0 Å². The molecule has 1 aliphatic rings. The lowest BCUT2D eigenvalue weighted by atomic mass is 10.0. The van der Waals surface area contributed by atoms with E-state index in [1.807, 2.05) is 30.3 Å². The molecular formula is C34H33BrN4O6. The zero-order valence-electron chi connectivity index (χ0n) is 25.3. The lowest BCUT2D eigenvalue weighted by Crippen LogP contribution is -2.55. The van der Waals surface area contributed by atoms with Crippen molar-refractivity contribution >= 4 is 61.8 Å². The molecule has 10 nitrogen and oxygen atoms in total. The number of methoxy groups -OCH3 is 2. The number of hydrogen-bond donors (Lipinski definition) is 2. The first-order valence-electron chi connectivity index (χ1n) is 14.3. The van der Waals surface area contributed by atoms with Gasteiger partial charge in [-0.2, -0.15) is 0 Å². The zero-order valence-corrected chi connectivity index (χ0v) is 26.9. The predicted octanol–water partition coefficient (Wildman–Crippen LogP) is 4.68. The molecule has 0 saturated heterocycles. The summed E-state index contributed by atoms with van der Waals surface area (Å²) in [4.78, 5) is 56.7. The maximum Gasteiger partial charge on any atom is 0.337 e. The topological polar surface area (TPSA) is 117 Å². The number of nitrogens with zero attached hydrogens (tertiary/aromatic N) is 2. The minimum atomic E-state index is -1.07. The van der Waals surface area contributed by atoms with Crippen LogP contribution in [0.15, 0.2) is 83.3 Å². The van der Waals surface area contributed by atoms with Gasteiger partial charge in [-0.3, -0.25) is 14.4 Å². The highest BCUT2D eigenvalue weighted by molar-refractivity contribution is 9.10. The molecule has 45 heavy (non-hydrogen) atoms. The molecule has 4 aromatic rings. The number of fused-ring (bicyclic) bond motifs is 2. The molecule has 4 aromatic carbocycles. The van der Waals surface area contributed by atoms with Gasteiger partial charge in [-0.05, 0) is 79.3 Å². The van der Waals surface area contributed by atoms with Gasteiger partial charge >= 0.3 is 5.97 Å². The highest BCUT2D eigenvalue weighted by Gasteiger charge is 2.38. The van der Waals surface area contributed by atoms with Gasteiger partial charge in [0.2, 0.25) is 5.91 Å². The van der Waals surface area contributed by atoms with E-state index in [0.717, 1.165) is 20.8 Å². The van der Waals surface area contributed by atoms with E-state index in [1.165, 1.54) is 36.3 Å². The Morgan fingerprint density at radius 3 is 2.31 bits per heavy atom. The van der Waals surface area contributed by atoms with Gasteiger partial charge in [0.25, 0.3) is 11.8 Å². The van der Waals surface area contributed by atoms with Crippen LogP contribution in [-0.2, 0) is 20.9 Å². The summed E-state index contributed by atoms with van der Waals surface area (Å²) < 4.78 is 11.4. The molecule has 0 radical (unpaired) electrons. The van der Waals surface area contributed by atoms with E-state index < -0.39 is 24.0 Å². The molecule has 1 aliphatic heterocycles. The SMILES string of the molecule is CN[C@@H](C)C(=O)N[C@H]1CN(C(=O)c2ccc(C(=O)OC)cc2)c2ccccc2N(Cc2c(OC)ccc3cc(Br)ccc23)C1=O. The third-order valence-electron chi connectivity index (χ3n) is 7.92. The van der Waals surface area contributed by atoms with Crippen LogP contribution in [0.5, 0.6) is 5.75 Å². The molecule has 0 unspecified atom stereocenters. The fourth-order valence-corrected chi connectivity index (χ4v) is 5.74. The van der Waals surface area contributed by atoms with Gasteiger partial charge in [-0.1, -0.05) is 40.2 Å². The Bertz CT molecular complexity index is 1780. The lowest BCUT2D eigenvalue weighted by molar-refractivity contribution is -0.128. The number of esters is 1. The van der Waals surface area contributed by atoms with Gasteiger partial charge in [0.15, 0.2) is 0 Å². The zero-order chi connectivity index (χ0) is 32.2. The van der Waals surface area contributed by atoms with Gasteiger partial charge in [-0.25, -0.2) is 4.79 Å². The number of benzene rings is 4. The van der Waals surface area contributed by atoms with Crippen LogP contribution in [0.1, 0.15) is 33.2 Å². The number of halogens is 1. The minimum Gasteiger partial charge on any atom is -0.496 e. The van der Waals surface area contributed by atoms with Gasteiger partial charge in [-0.15, -0.1) is 0 Å². The Morgan fingerprint density at radius 1 is 0.956 bits per heavy atom. The van der Waals surface area contributed by atoms with Gasteiger partial charge in [0, 0.05) is 15.6 Å². The molecule has 0 aromatic heterocycles. The summed E-state index contributed by atoms with van der Waals surface area (Å²) in [6, 6.07) is 21.3. The molecule has 0 bridgehead atoms. The third-order valence-corrected chi connectivity index (χ3v) is 8.41. The van der Waals surface area contributed by atoms with Crippen molar-refractivity contribution in [2.75, 3.05) is 37.6 Å². The van der Waals surface area contributed by atoms with E-state index in [9.17, 15) is 19.2 Å². The van der Waals surface area contributed by atoms with Crippen molar-refractivity contribution < 1.29 is 28.7 Å². The number of anilines is 2. The maximum atomic E-state index is 14.5. The molecule has 3 amide bonds. The molecule has 2 atom stereocenters. The number of amides is 3. The maximum absolute atomic E-state index is 14.5. The smallest absolute Gasteiger partial charge is 0.337 e. The summed E-state index contributed by atoms with van der Waals surface area (Å²) in [6.45, 7) is 1.68. The van der Waals surface area contributed by atoms with E-state index in [0.29, 0.717) is 28.3 Å². The summed E-state index contributed by atoms with van der Waals surface area (Å²) in [5.74, 6) is -1.09. The largest absolute Gasteiger partial charge is 0.496 e. The standard InChI is InChI=1S/C34H33BrN4O6/c1-20(36-2)31(40)37-27-19-39(32(41)21-9-11-22(12-10-21)34(43)45-4)29-8-6-5-7-28(29)38(33(27)42)18-26-25-15-14-24(35)17-23(25)13-16-30(26)44-3/h5-17,20,27,36H,18-19H2,1-4H3,(H,37,40)/t20-,27-/m0/s1. The van der Waals surface area contributed by atoms with E-state index in [2.05, 4.69) is 26.6 Å². The number of carbonyl (C=O) groups excluding carboxylic acids is 4. The highest BCUT2D eigenvalue weighted by Crippen LogP contribution is 2.38. The fourth-order valence-electron chi connectivity index (χ4n) is 5.36. The second kappa shape index (κ2) is 13.5. The number of rotatable bonds is 8. The number of hydrogen-bond acceptors (Lipinski definition) is 7. The van der Waals surface area contributed by atoms with Crippen LogP contribution in [0, 0.1) is 0 Å². The second-order valence-electron chi connectivity index (χ2n) is 10.6. The quantitative estimate of drug-likeness (QED) is 0.261. The summed E-state index contributed by atoms with van der Waals surface area (Å²) >= 11 is 3.53. The monoisotopic (exact) mass is 672 g/mol. The van der Waals surface area contributed by atoms with Crippen LogP contribution in [0.3, 0.4) is 0 Å². The van der Waals surface area contributed by atoms with Crippen molar-refractivity contribution in [1.82, 2.24) is 10.6 Å². The Hall–Kier alpha value is -4.74. The Labute approximate surface area is 269 Å². The molecule has 0 fully saturated rings. The number of likely N-dealkylation sites (N-methyl/N-ethyl adjacent to an activating group) is 1. The van der Waals surface area contributed by atoms with E-state index >= 15 is 0 Å².